The van der Waals surface area contributed by atoms with E-state index in [4.69, 9.17) is 16.3 Å². The molecule has 3 aromatic heterocycles. The van der Waals surface area contributed by atoms with Gasteiger partial charge in [0, 0.05) is 38.2 Å². The molecule has 0 bridgehead atoms. The van der Waals surface area contributed by atoms with Gasteiger partial charge in [0.2, 0.25) is 0 Å². The van der Waals surface area contributed by atoms with Gasteiger partial charge in [-0.05, 0) is 48.7 Å². The highest BCUT2D eigenvalue weighted by Gasteiger charge is 2.18. The van der Waals surface area contributed by atoms with Crippen molar-refractivity contribution in [3.63, 3.8) is 0 Å². The number of fused-ring (bicyclic) bond motifs is 1. The fourth-order valence-corrected chi connectivity index (χ4v) is 3.88. The first-order valence-electron chi connectivity index (χ1n) is 10.7. The Morgan fingerprint density at radius 2 is 1.97 bits per heavy atom. The van der Waals surface area contributed by atoms with Crippen molar-refractivity contribution < 1.29 is 9.53 Å². The average molecular weight is 465 g/mol. The van der Waals surface area contributed by atoms with Crippen molar-refractivity contribution >= 4 is 34.2 Å². The Hall–Kier alpha value is -3.65. The van der Waals surface area contributed by atoms with Crippen LogP contribution in [-0.4, -0.2) is 39.3 Å². The number of rotatable bonds is 9. The normalized spacial score (nSPS) is 10.9. The standard InChI is InChI=1S/C24H25ClN6O2/c1-3-31-23-18(15-30-31)22(28-13-17-4-5-21(33-2)20(25)12-17)19(14-29-23)24(32)27-11-8-16-6-9-26-10-7-16/h4-7,9-10,12,14-15H,3,8,11,13H2,1-2H3,(H,27,32)(H,28,29). The van der Waals surface area contributed by atoms with Crippen molar-refractivity contribution in [2.24, 2.45) is 0 Å². The number of benzene rings is 1. The molecule has 0 atom stereocenters. The van der Waals surface area contributed by atoms with Crippen molar-refractivity contribution in [2.45, 2.75) is 26.4 Å². The van der Waals surface area contributed by atoms with Gasteiger partial charge in [0.05, 0.1) is 35.0 Å². The SMILES string of the molecule is CCn1ncc2c(NCc3ccc(OC)c(Cl)c3)c(C(=O)NCCc3ccncc3)cnc21. The summed E-state index contributed by atoms with van der Waals surface area (Å²) in [5.41, 5.74) is 3.94. The van der Waals surface area contributed by atoms with E-state index in [1.54, 1.807) is 36.6 Å². The number of nitrogens with one attached hydrogen (secondary N) is 2. The molecule has 170 valence electrons. The summed E-state index contributed by atoms with van der Waals surface area (Å²) in [5, 5.41) is 12.1. The first-order chi connectivity index (χ1) is 16.1. The molecule has 4 rings (SSSR count). The summed E-state index contributed by atoms with van der Waals surface area (Å²) in [6, 6.07) is 9.47. The molecule has 4 aromatic rings. The summed E-state index contributed by atoms with van der Waals surface area (Å²) in [6.07, 6.45) is 7.54. The molecule has 0 spiro atoms. The van der Waals surface area contributed by atoms with Crippen LogP contribution in [0.1, 0.15) is 28.4 Å². The largest absolute Gasteiger partial charge is 0.495 e. The predicted octanol–water partition coefficient (Wildman–Crippen LogP) is 4.09. The number of carbonyl (C=O) groups excluding carboxylic acids is 1. The number of nitrogens with zero attached hydrogens (tertiary/aromatic N) is 4. The van der Waals surface area contributed by atoms with Crippen molar-refractivity contribution in [2.75, 3.05) is 19.0 Å². The molecule has 9 heteroatoms. The number of hydrogen-bond donors (Lipinski definition) is 2. The Balaban J connectivity index is 1.57. The van der Waals surface area contributed by atoms with Crippen LogP contribution in [0.2, 0.25) is 5.02 Å². The number of aryl methyl sites for hydroxylation is 1. The highest BCUT2D eigenvalue weighted by molar-refractivity contribution is 6.32. The third kappa shape index (κ3) is 5.06. The molecule has 0 aliphatic carbocycles. The topological polar surface area (TPSA) is 94.0 Å². The highest BCUT2D eigenvalue weighted by atomic mass is 35.5. The lowest BCUT2D eigenvalue weighted by atomic mass is 10.1. The van der Waals surface area contributed by atoms with E-state index in [0.717, 1.165) is 22.2 Å². The molecular weight excluding hydrogens is 440 g/mol. The fourth-order valence-electron chi connectivity index (χ4n) is 3.60. The number of anilines is 1. The van der Waals surface area contributed by atoms with E-state index in [1.807, 2.05) is 37.3 Å². The number of hydrogen-bond acceptors (Lipinski definition) is 6. The van der Waals surface area contributed by atoms with Crippen LogP contribution in [0.15, 0.2) is 55.1 Å². The summed E-state index contributed by atoms with van der Waals surface area (Å²) in [4.78, 5) is 21.6. The van der Waals surface area contributed by atoms with E-state index in [-0.39, 0.29) is 5.91 Å². The van der Waals surface area contributed by atoms with Crippen molar-refractivity contribution in [1.82, 2.24) is 25.1 Å². The third-order valence-corrected chi connectivity index (χ3v) is 5.64. The molecule has 3 heterocycles. The van der Waals surface area contributed by atoms with E-state index in [9.17, 15) is 4.79 Å². The monoisotopic (exact) mass is 464 g/mol. The molecule has 0 saturated heterocycles. The van der Waals surface area contributed by atoms with E-state index < -0.39 is 0 Å². The number of methoxy groups -OCH3 is 1. The molecule has 8 nitrogen and oxygen atoms in total. The van der Waals surface area contributed by atoms with Crippen LogP contribution < -0.4 is 15.4 Å². The maximum Gasteiger partial charge on any atom is 0.254 e. The molecule has 1 amide bonds. The van der Waals surface area contributed by atoms with Gasteiger partial charge in [-0.2, -0.15) is 5.10 Å². The maximum atomic E-state index is 13.1. The number of carbonyl (C=O) groups is 1. The fraction of sp³-hybridized carbons (Fsp3) is 0.250. The smallest absolute Gasteiger partial charge is 0.254 e. The summed E-state index contributed by atoms with van der Waals surface area (Å²) in [5.74, 6) is 0.420. The summed E-state index contributed by atoms with van der Waals surface area (Å²) in [7, 11) is 1.58. The Bertz CT molecular complexity index is 1260. The molecular formula is C24H25ClN6O2. The molecule has 0 aliphatic rings. The highest BCUT2D eigenvalue weighted by Crippen LogP contribution is 2.28. The van der Waals surface area contributed by atoms with Gasteiger partial charge in [-0.1, -0.05) is 17.7 Å². The minimum Gasteiger partial charge on any atom is -0.495 e. The van der Waals surface area contributed by atoms with Crippen LogP contribution in [0.5, 0.6) is 5.75 Å². The van der Waals surface area contributed by atoms with Crippen LogP contribution in [0.3, 0.4) is 0 Å². The van der Waals surface area contributed by atoms with Crippen molar-refractivity contribution in [3.8, 4) is 5.75 Å². The second kappa shape index (κ2) is 10.3. The van der Waals surface area contributed by atoms with Gasteiger partial charge >= 0.3 is 0 Å². The molecule has 0 aliphatic heterocycles. The van der Waals surface area contributed by atoms with Crippen LogP contribution >= 0.6 is 11.6 Å². The van der Waals surface area contributed by atoms with Gasteiger partial charge in [-0.15, -0.1) is 0 Å². The van der Waals surface area contributed by atoms with Crippen molar-refractivity contribution in [1.29, 1.82) is 0 Å². The summed E-state index contributed by atoms with van der Waals surface area (Å²) >= 11 is 6.27. The minimum atomic E-state index is -0.196. The molecule has 1 aromatic carbocycles. The predicted molar refractivity (Wildman–Crippen MR) is 129 cm³/mol. The lowest BCUT2D eigenvalue weighted by Crippen LogP contribution is -2.27. The van der Waals surface area contributed by atoms with Gasteiger partial charge in [0.25, 0.3) is 5.91 Å². The molecule has 0 fully saturated rings. The molecule has 0 unspecified atom stereocenters. The van der Waals surface area contributed by atoms with E-state index >= 15 is 0 Å². The quantitative estimate of drug-likeness (QED) is 0.387. The van der Waals surface area contributed by atoms with Crippen molar-refractivity contribution in [3.05, 3.63) is 76.8 Å². The molecule has 2 N–H and O–H groups in total. The zero-order valence-corrected chi connectivity index (χ0v) is 19.3. The maximum absolute atomic E-state index is 13.1. The van der Waals surface area contributed by atoms with E-state index in [2.05, 4.69) is 25.7 Å². The van der Waals surface area contributed by atoms with Crippen LogP contribution in [0, 0.1) is 0 Å². The van der Waals surface area contributed by atoms with Gasteiger partial charge < -0.3 is 15.4 Å². The Morgan fingerprint density at radius 3 is 2.70 bits per heavy atom. The lowest BCUT2D eigenvalue weighted by molar-refractivity contribution is 0.0954. The van der Waals surface area contributed by atoms with Crippen LogP contribution in [0.4, 0.5) is 5.69 Å². The second-order valence-corrected chi connectivity index (χ2v) is 7.84. The number of pyridine rings is 2. The lowest BCUT2D eigenvalue weighted by Gasteiger charge is -2.14. The first-order valence-corrected chi connectivity index (χ1v) is 11.1. The van der Waals surface area contributed by atoms with Gasteiger partial charge in [-0.25, -0.2) is 9.67 Å². The zero-order valence-electron chi connectivity index (χ0n) is 18.5. The number of amides is 1. The molecule has 0 saturated carbocycles. The number of ether oxygens (including phenoxy) is 1. The third-order valence-electron chi connectivity index (χ3n) is 5.34. The Kier molecular flexibility index (Phi) is 7.04. The minimum absolute atomic E-state index is 0.196. The first kappa shape index (κ1) is 22.5. The van der Waals surface area contributed by atoms with Gasteiger partial charge in [0.1, 0.15) is 5.75 Å². The van der Waals surface area contributed by atoms with E-state index in [1.165, 1.54) is 0 Å². The zero-order chi connectivity index (χ0) is 23.2. The van der Waals surface area contributed by atoms with E-state index in [0.29, 0.717) is 48.1 Å². The average Bonchev–Trinajstić information content (AvgIpc) is 3.26. The van der Waals surface area contributed by atoms with Gasteiger partial charge in [0.15, 0.2) is 5.65 Å². The molecule has 33 heavy (non-hydrogen) atoms. The Morgan fingerprint density at radius 1 is 1.15 bits per heavy atom. The molecule has 0 radical (unpaired) electrons. The second-order valence-electron chi connectivity index (χ2n) is 7.43. The van der Waals surface area contributed by atoms with Gasteiger partial charge in [-0.3, -0.25) is 9.78 Å². The van der Waals surface area contributed by atoms with Crippen LogP contribution in [0.25, 0.3) is 11.0 Å². The summed E-state index contributed by atoms with van der Waals surface area (Å²) < 4.78 is 7.03. The summed E-state index contributed by atoms with van der Waals surface area (Å²) in [6.45, 7) is 3.65. The van der Waals surface area contributed by atoms with Crippen LogP contribution in [-0.2, 0) is 19.5 Å². The number of aromatic nitrogens is 4. The Labute approximate surface area is 197 Å². The number of halogens is 1.